The van der Waals surface area contributed by atoms with Crippen molar-refractivity contribution in [2.45, 2.75) is 32.7 Å². The van der Waals surface area contributed by atoms with E-state index >= 15 is 0 Å². The molecule has 2 N–H and O–H groups in total. The van der Waals surface area contributed by atoms with Gasteiger partial charge in [0.25, 0.3) is 0 Å². The Labute approximate surface area is 112 Å². The molecule has 5 heteroatoms. The summed E-state index contributed by atoms with van der Waals surface area (Å²) < 4.78 is 18.4. The first kappa shape index (κ1) is 13.6. The molecule has 2 amide bonds. The van der Waals surface area contributed by atoms with E-state index < -0.39 is 0 Å². The number of amides is 2. The molecular weight excluding hydrogens is 247 g/mol. The Balaban J connectivity index is 1.98. The van der Waals surface area contributed by atoms with Crippen molar-refractivity contribution in [1.82, 2.24) is 5.32 Å². The summed E-state index contributed by atoms with van der Waals surface area (Å²) in [6.45, 7) is 4.22. The summed E-state index contributed by atoms with van der Waals surface area (Å²) in [6.07, 6.45) is 2.34. The fraction of sp³-hybridized carbons (Fsp3) is 0.500. The minimum absolute atomic E-state index is 0.163. The molecule has 0 radical (unpaired) electrons. The van der Waals surface area contributed by atoms with Gasteiger partial charge in [-0.05, 0) is 44.7 Å². The van der Waals surface area contributed by atoms with Crippen molar-refractivity contribution < 1.29 is 13.9 Å². The maximum Gasteiger partial charge on any atom is 0.319 e. The lowest BCUT2D eigenvalue weighted by atomic mass is 10.2. The zero-order valence-corrected chi connectivity index (χ0v) is 11.2. The van der Waals surface area contributed by atoms with Gasteiger partial charge in [0, 0.05) is 12.1 Å². The molecule has 1 aromatic rings. The predicted molar refractivity (Wildman–Crippen MR) is 71.9 cm³/mol. The van der Waals surface area contributed by atoms with Crippen molar-refractivity contribution >= 4 is 11.7 Å². The molecule has 0 saturated heterocycles. The second kappa shape index (κ2) is 5.91. The molecule has 1 saturated carbocycles. The largest absolute Gasteiger partial charge is 0.492 e. The number of urea groups is 1. The van der Waals surface area contributed by atoms with Gasteiger partial charge in [0.15, 0.2) is 0 Å². The molecule has 1 fully saturated rings. The van der Waals surface area contributed by atoms with Gasteiger partial charge in [-0.2, -0.15) is 0 Å². The summed E-state index contributed by atoms with van der Waals surface area (Å²) in [6, 6.07) is 3.94. The predicted octanol–water partition coefficient (Wildman–Crippen LogP) is 3.14. The Bertz CT molecular complexity index is 461. The molecule has 0 spiro atoms. The van der Waals surface area contributed by atoms with E-state index in [1.54, 1.807) is 0 Å². The molecule has 0 bridgehead atoms. The smallest absolute Gasteiger partial charge is 0.319 e. The number of nitrogens with one attached hydrogen (secondary N) is 2. The first-order chi connectivity index (χ1) is 9.10. The molecule has 2 rings (SSSR count). The number of halogens is 1. The molecule has 1 unspecified atom stereocenters. The van der Waals surface area contributed by atoms with E-state index in [9.17, 15) is 9.18 Å². The van der Waals surface area contributed by atoms with Crippen LogP contribution in [0.3, 0.4) is 0 Å². The molecule has 19 heavy (non-hydrogen) atoms. The van der Waals surface area contributed by atoms with Gasteiger partial charge in [-0.3, -0.25) is 0 Å². The average molecular weight is 266 g/mol. The van der Waals surface area contributed by atoms with Crippen LogP contribution in [0.4, 0.5) is 14.9 Å². The van der Waals surface area contributed by atoms with Crippen molar-refractivity contribution in [1.29, 1.82) is 0 Å². The van der Waals surface area contributed by atoms with Crippen molar-refractivity contribution in [2.24, 2.45) is 5.92 Å². The van der Waals surface area contributed by atoms with Crippen molar-refractivity contribution in [3.8, 4) is 5.75 Å². The number of rotatable bonds is 5. The van der Waals surface area contributed by atoms with Gasteiger partial charge in [0.05, 0.1) is 12.3 Å². The van der Waals surface area contributed by atoms with Crippen LogP contribution in [0.15, 0.2) is 18.2 Å². The Hall–Kier alpha value is -1.78. The SMILES string of the molecule is CCOc1cc(F)ccc1NC(=O)NC(C)C1CC1. The van der Waals surface area contributed by atoms with E-state index in [-0.39, 0.29) is 17.9 Å². The van der Waals surface area contributed by atoms with Crippen LogP contribution in [0.2, 0.25) is 0 Å². The highest BCUT2D eigenvalue weighted by Gasteiger charge is 2.28. The Morgan fingerprint density at radius 2 is 2.26 bits per heavy atom. The molecule has 4 nitrogen and oxygen atoms in total. The van der Waals surface area contributed by atoms with Crippen LogP contribution in [0.25, 0.3) is 0 Å². The molecule has 104 valence electrons. The van der Waals surface area contributed by atoms with Crippen molar-refractivity contribution in [2.75, 3.05) is 11.9 Å². The lowest BCUT2D eigenvalue weighted by molar-refractivity contribution is 0.247. The van der Waals surface area contributed by atoms with Crippen LogP contribution in [-0.4, -0.2) is 18.7 Å². The number of ether oxygens (including phenoxy) is 1. The monoisotopic (exact) mass is 266 g/mol. The average Bonchev–Trinajstić information content (AvgIpc) is 3.17. The Morgan fingerprint density at radius 3 is 2.89 bits per heavy atom. The van der Waals surface area contributed by atoms with Gasteiger partial charge < -0.3 is 15.4 Å². The first-order valence-corrected chi connectivity index (χ1v) is 6.60. The molecule has 0 heterocycles. The van der Waals surface area contributed by atoms with E-state index in [1.807, 2.05) is 13.8 Å². The highest BCUT2D eigenvalue weighted by Crippen LogP contribution is 2.32. The third kappa shape index (κ3) is 3.84. The van der Waals surface area contributed by atoms with Gasteiger partial charge in [0.1, 0.15) is 11.6 Å². The summed E-state index contributed by atoms with van der Waals surface area (Å²) in [5, 5.41) is 5.57. The lowest BCUT2D eigenvalue weighted by Crippen LogP contribution is -2.37. The van der Waals surface area contributed by atoms with Gasteiger partial charge in [0.2, 0.25) is 0 Å². The number of anilines is 1. The van der Waals surface area contributed by atoms with Gasteiger partial charge in [-0.15, -0.1) is 0 Å². The second-order valence-corrected chi connectivity index (χ2v) is 4.80. The number of carbonyl (C=O) groups is 1. The summed E-state index contributed by atoms with van der Waals surface area (Å²) >= 11 is 0. The third-order valence-corrected chi connectivity index (χ3v) is 3.18. The molecule has 1 aromatic carbocycles. The Morgan fingerprint density at radius 1 is 1.53 bits per heavy atom. The van der Waals surface area contributed by atoms with E-state index in [1.165, 1.54) is 31.0 Å². The number of hydrogen-bond donors (Lipinski definition) is 2. The van der Waals surface area contributed by atoms with Crippen molar-refractivity contribution in [3.05, 3.63) is 24.0 Å². The standard InChI is InChI=1S/C14H19FN2O2/c1-3-19-13-8-11(15)6-7-12(13)17-14(18)16-9(2)10-4-5-10/h6-10H,3-5H2,1-2H3,(H2,16,17,18). The zero-order valence-electron chi connectivity index (χ0n) is 11.2. The van der Waals surface area contributed by atoms with Gasteiger partial charge >= 0.3 is 6.03 Å². The normalized spacial score (nSPS) is 15.7. The lowest BCUT2D eigenvalue weighted by Gasteiger charge is -2.15. The van der Waals surface area contributed by atoms with Crippen LogP contribution in [0.5, 0.6) is 5.75 Å². The topological polar surface area (TPSA) is 50.4 Å². The van der Waals surface area contributed by atoms with Crippen LogP contribution in [0.1, 0.15) is 26.7 Å². The number of hydrogen-bond acceptors (Lipinski definition) is 2. The van der Waals surface area contributed by atoms with Gasteiger partial charge in [-0.25, -0.2) is 9.18 Å². The fourth-order valence-electron chi connectivity index (χ4n) is 1.95. The van der Waals surface area contributed by atoms with Crippen LogP contribution >= 0.6 is 0 Å². The molecule has 0 aromatic heterocycles. The minimum Gasteiger partial charge on any atom is -0.492 e. The highest BCUT2D eigenvalue weighted by molar-refractivity contribution is 5.91. The van der Waals surface area contributed by atoms with E-state index in [2.05, 4.69) is 10.6 Å². The summed E-state index contributed by atoms with van der Waals surface area (Å²) in [7, 11) is 0. The van der Waals surface area contributed by atoms with E-state index in [0.717, 1.165) is 0 Å². The number of benzene rings is 1. The highest BCUT2D eigenvalue weighted by atomic mass is 19.1. The first-order valence-electron chi connectivity index (χ1n) is 6.60. The Kier molecular flexibility index (Phi) is 4.24. The zero-order chi connectivity index (χ0) is 13.8. The summed E-state index contributed by atoms with van der Waals surface area (Å²) in [5.74, 6) is 0.544. The quantitative estimate of drug-likeness (QED) is 0.860. The molecular formula is C14H19FN2O2. The number of carbonyl (C=O) groups excluding carboxylic acids is 1. The molecule has 1 aliphatic rings. The molecule has 1 aliphatic carbocycles. The summed E-state index contributed by atoms with van der Waals surface area (Å²) in [5.41, 5.74) is 0.476. The van der Waals surface area contributed by atoms with Crippen LogP contribution in [-0.2, 0) is 0 Å². The fourth-order valence-corrected chi connectivity index (χ4v) is 1.95. The molecule has 0 aliphatic heterocycles. The van der Waals surface area contributed by atoms with E-state index in [0.29, 0.717) is 24.0 Å². The maximum atomic E-state index is 13.1. The maximum absolute atomic E-state index is 13.1. The third-order valence-electron chi connectivity index (χ3n) is 3.18. The van der Waals surface area contributed by atoms with Gasteiger partial charge in [-0.1, -0.05) is 0 Å². The van der Waals surface area contributed by atoms with Crippen LogP contribution < -0.4 is 15.4 Å². The van der Waals surface area contributed by atoms with E-state index in [4.69, 9.17) is 4.74 Å². The minimum atomic E-state index is -0.388. The second-order valence-electron chi connectivity index (χ2n) is 4.80. The molecule has 1 atom stereocenters. The van der Waals surface area contributed by atoms with Crippen molar-refractivity contribution in [3.63, 3.8) is 0 Å². The van der Waals surface area contributed by atoms with Crippen LogP contribution in [0, 0.1) is 11.7 Å². The summed E-state index contributed by atoms with van der Waals surface area (Å²) in [4.78, 5) is 11.8.